The molecule has 0 N–H and O–H groups in total. The minimum atomic E-state index is 0.604. The Hall–Kier alpha value is -1.97. The number of thiazole rings is 1. The largest absolute Gasteiger partial charge is 0.299 e. The number of hydrogen-bond acceptors (Lipinski definition) is 3. The molecule has 0 amide bonds. The Labute approximate surface area is 166 Å². The standard InChI is InChI=1S/C24H28N2S/c1-16(2)9-10-18-11-12-22(21-8-6-5-7-20(18)21)23-13-25-24(27-23)19-14-26(15-19)17(3)4/h5-8,11-13,17,19H,1,9-10,14-15H2,2-4H3. The first-order chi connectivity index (χ1) is 13.0. The molecule has 3 aromatic rings. The van der Waals surface area contributed by atoms with Crippen LogP contribution in [0.15, 0.2) is 54.7 Å². The van der Waals surface area contributed by atoms with E-state index in [4.69, 9.17) is 4.98 Å². The van der Waals surface area contributed by atoms with Gasteiger partial charge in [0.1, 0.15) is 0 Å². The number of aromatic nitrogens is 1. The summed E-state index contributed by atoms with van der Waals surface area (Å²) in [6, 6.07) is 14.0. The summed E-state index contributed by atoms with van der Waals surface area (Å²) in [5, 5.41) is 3.99. The molecule has 27 heavy (non-hydrogen) atoms. The van der Waals surface area contributed by atoms with Gasteiger partial charge in [0.2, 0.25) is 0 Å². The molecule has 2 nitrogen and oxygen atoms in total. The van der Waals surface area contributed by atoms with Crippen LogP contribution in [0, 0.1) is 0 Å². The van der Waals surface area contributed by atoms with Crippen molar-refractivity contribution >= 4 is 22.1 Å². The Morgan fingerprint density at radius 3 is 2.63 bits per heavy atom. The molecule has 2 heterocycles. The normalized spacial score (nSPS) is 15.4. The van der Waals surface area contributed by atoms with Crippen LogP contribution in [-0.4, -0.2) is 29.0 Å². The lowest BCUT2D eigenvalue weighted by atomic mass is 9.95. The van der Waals surface area contributed by atoms with E-state index in [0.717, 1.165) is 25.9 Å². The molecule has 1 aliphatic rings. The molecule has 0 spiro atoms. The molecule has 0 aliphatic carbocycles. The van der Waals surface area contributed by atoms with Gasteiger partial charge in [0.05, 0.1) is 9.88 Å². The van der Waals surface area contributed by atoms with Crippen LogP contribution in [0.25, 0.3) is 21.2 Å². The summed E-state index contributed by atoms with van der Waals surface area (Å²) in [6.45, 7) is 13.0. The Balaban J connectivity index is 1.63. The first kappa shape index (κ1) is 18.4. The predicted molar refractivity (Wildman–Crippen MR) is 118 cm³/mol. The highest BCUT2D eigenvalue weighted by molar-refractivity contribution is 7.15. The summed E-state index contributed by atoms with van der Waals surface area (Å²) in [4.78, 5) is 8.58. The van der Waals surface area contributed by atoms with E-state index in [1.807, 2.05) is 11.3 Å². The fourth-order valence-electron chi connectivity index (χ4n) is 3.83. The van der Waals surface area contributed by atoms with Gasteiger partial charge in [0.25, 0.3) is 0 Å². The predicted octanol–water partition coefficient (Wildman–Crippen LogP) is 6.28. The van der Waals surface area contributed by atoms with E-state index in [1.54, 1.807) is 0 Å². The highest BCUT2D eigenvalue weighted by Crippen LogP contribution is 2.38. The van der Waals surface area contributed by atoms with E-state index in [0.29, 0.717) is 12.0 Å². The molecule has 1 fully saturated rings. The van der Waals surface area contributed by atoms with Gasteiger partial charge in [-0.2, -0.15) is 0 Å². The van der Waals surface area contributed by atoms with Crippen LogP contribution in [0.5, 0.6) is 0 Å². The topological polar surface area (TPSA) is 16.1 Å². The molecule has 0 saturated carbocycles. The number of hydrogen-bond donors (Lipinski definition) is 0. The zero-order valence-electron chi connectivity index (χ0n) is 16.5. The third kappa shape index (κ3) is 3.71. The van der Waals surface area contributed by atoms with E-state index in [9.17, 15) is 0 Å². The van der Waals surface area contributed by atoms with Crippen LogP contribution in [-0.2, 0) is 6.42 Å². The number of aryl methyl sites for hydroxylation is 1. The van der Waals surface area contributed by atoms with Crippen molar-refractivity contribution in [1.29, 1.82) is 0 Å². The second-order valence-corrected chi connectivity index (χ2v) is 9.14. The van der Waals surface area contributed by atoms with Crippen molar-refractivity contribution in [1.82, 2.24) is 9.88 Å². The number of likely N-dealkylation sites (tertiary alicyclic amines) is 1. The highest BCUT2D eigenvalue weighted by atomic mass is 32.1. The molecule has 0 bridgehead atoms. The van der Waals surface area contributed by atoms with E-state index < -0.39 is 0 Å². The maximum Gasteiger partial charge on any atom is 0.0987 e. The molecule has 3 heteroatoms. The maximum atomic E-state index is 4.78. The van der Waals surface area contributed by atoms with Gasteiger partial charge in [0, 0.05) is 36.8 Å². The van der Waals surface area contributed by atoms with Gasteiger partial charge in [-0.25, -0.2) is 4.98 Å². The Morgan fingerprint density at radius 1 is 1.19 bits per heavy atom. The van der Waals surface area contributed by atoms with Gasteiger partial charge >= 0.3 is 0 Å². The molecule has 0 unspecified atom stereocenters. The van der Waals surface area contributed by atoms with Gasteiger partial charge < -0.3 is 0 Å². The average molecular weight is 377 g/mol. The summed E-state index contributed by atoms with van der Waals surface area (Å²) in [7, 11) is 0. The van der Waals surface area contributed by atoms with Crippen LogP contribution >= 0.6 is 11.3 Å². The third-order valence-electron chi connectivity index (χ3n) is 5.61. The molecule has 1 saturated heterocycles. The minimum Gasteiger partial charge on any atom is -0.299 e. The summed E-state index contributed by atoms with van der Waals surface area (Å²) in [5.41, 5.74) is 3.97. The summed E-state index contributed by atoms with van der Waals surface area (Å²) < 4.78 is 0. The van der Waals surface area contributed by atoms with Crippen molar-refractivity contribution < 1.29 is 0 Å². The minimum absolute atomic E-state index is 0.604. The van der Waals surface area contributed by atoms with Gasteiger partial charge in [-0.15, -0.1) is 17.9 Å². The van der Waals surface area contributed by atoms with E-state index >= 15 is 0 Å². The van der Waals surface area contributed by atoms with Gasteiger partial charge in [-0.1, -0.05) is 42.0 Å². The third-order valence-corrected chi connectivity index (χ3v) is 6.81. The highest BCUT2D eigenvalue weighted by Gasteiger charge is 2.31. The van der Waals surface area contributed by atoms with Crippen LogP contribution in [0.3, 0.4) is 0 Å². The average Bonchev–Trinajstić information content (AvgIpc) is 3.07. The fraction of sp³-hybridized carbons (Fsp3) is 0.375. The second-order valence-electron chi connectivity index (χ2n) is 8.08. The second kappa shape index (κ2) is 7.57. The molecule has 140 valence electrons. The molecule has 2 aromatic carbocycles. The lowest BCUT2D eigenvalue weighted by Gasteiger charge is -2.41. The number of allylic oxidation sites excluding steroid dienone is 1. The SMILES string of the molecule is C=C(C)CCc1ccc(-c2cnc(C3CN(C(C)C)C3)s2)c2ccccc12. The molecule has 0 radical (unpaired) electrons. The van der Waals surface area contributed by atoms with Gasteiger partial charge in [-0.05, 0) is 49.9 Å². The van der Waals surface area contributed by atoms with Crippen molar-refractivity contribution in [2.45, 2.75) is 45.6 Å². The van der Waals surface area contributed by atoms with Crippen molar-refractivity contribution in [3.8, 4) is 10.4 Å². The van der Waals surface area contributed by atoms with Crippen LogP contribution < -0.4 is 0 Å². The lowest BCUT2D eigenvalue weighted by molar-refractivity contribution is 0.110. The Morgan fingerprint density at radius 2 is 1.93 bits per heavy atom. The first-order valence-electron chi connectivity index (χ1n) is 9.88. The van der Waals surface area contributed by atoms with E-state index in [-0.39, 0.29) is 0 Å². The number of nitrogens with zero attached hydrogens (tertiary/aromatic N) is 2. The van der Waals surface area contributed by atoms with E-state index in [2.05, 4.69) is 74.8 Å². The van der Waals surface area contributed by atoms with Gasteiger partial charge in [0.15, 0.2) is 0 Å². The Kier molecular flexibility index (Phi) is 5.16. The number of rotatable bonds is 6. The number of fused-ring (bicyclic) bond motifs is 1. The van der Waals surface area contributed by atoms with E-state index in [1.165, 1.54) is 37.4 Å². The molecule has 1 aliphatic heterocycles. The zero-order chi connectivity index (χ0) is 19.0. The smallest absolute Gasteiger partial charge is 0.0987 e. The number of benzene rings is 2. The van der Waals surface area contributed by atoms with Crippen molar-refractivity contribution in [3.63, 3.8) is 0 Å². The van der Waals surface area contributed by atoms with Crippen molar-refractivity contribution in [3.05, 3.63) is 65.3 Å². The maximum absolute atomic E-state index is 4.78. The molecule has 0 atom stereocenters. The monoisotopic (exact) mass is 376 g/mol. The van der Waals surface area contributed by atoms with Crippen LogP contribution in [0.1, 0.15) is 43.7 Å². The molecule has 1 aromatic heterocycles. The zero-order valence-corrected chi connectivity index (χ0v) is 17.4. The quantitative estimate of drug-likeness (QED) is 0.471. The molecular formula is C24H28N2S. The fourth-order valence-corrected chi connectivity index (χ4v) is 4.87. The first-order valence-corrected chi connectivity index (χ1v) is 10.7. The Bertz CT molecular complexity index is 963. The summed E-state index contributed by atoms with van der Waals surface area (Å²) in [6.07, 6.45) is 4.17. The van der Waals surface area contributed by atoms with Gasteiger partial charge in [-0.3, -0.25) is 4.90 Å². The molecule has 4 rings (SSSR count). The summed E-state index contributed by atoms with van der Waals surface area (Å²) in [5.74, 6) is 0.604. The summed E-state index contributed by atoms with van der Waals surface area (Å²) >= 11 is 1.87. The van der Waals surface area contributed by atoms with Crippen LogP contribution in [0.2, 0.25) is 0 Å². The van der Waals surface area contributed by atoms with Crippen LogP contribution in [0.4, 0.5) is 0 Å². The van der Waals surface area contributed by atoms with Crippen molar-refractivity contribution in [2.24, 2.45) is 0 Å². The van der Waals surface area contributed by atoms with Crippen molar-refractivity contribution in [2.75, 3.05) is 13.1 Å². The molecular weight excluding hydrogens is 348 g/mol. The lowest BCUT2D eigenvalue weighted by Crippen LogP contribution is -2.48.